The Bertz CT molecular complexity index is 1060. The molecule has 6 heteroatoms. The maximum atomic E-state index is 12.9. The summed E-state index contributed by atoms with van der Waals surface area (Å²) in [6.07, 6.45) is 0. The summed E-state index contributed by atoms with van der Waals surface area (Å²) in [7, 11) is 1.59. The van der Waals surface area contributed by atoms with Gasteiger partial charge in [-0.3, -0.25) is 19.3 Å². The molecular formula is C23H18N2O4. The second-order valence-corrected chi connectivity index (χ2v) is 6.58. The van der Waals surface area contributed by atoms with Crippen molar-refractivity contribution in [3.8, 4) is 11.5 Å². The minimum absolute atomic E-state index is 0.320. The minimum Gasteiger partial charge on any atom is -0.455 e. The molecule has 1 aliphatic heterocycles. The first-order chi connectivity index (χ1) is 14.1. The lowest BCUT2D eigenvalue weighted by Gasteiger charge is -2.23. The van der Waals surface area contributed by atoms with Crippen LogP contribution in [0.4, 0.5) is 5.69 Å². The normalized spacial score (nSPS) is 12.7. The molecule has 0 spiro atoms. The number of fused-ring (bicyclic) bond motifs is 1. The molecule has 0 saturated carbocycles. The molecule has 0 N–H and O–H groups in total. The molecule has 0 fully saturated rings. The Morgan fingerprint density at radius 2 is 1.38 bits per heavy atom. The summed E-state index contributed by atoms with van der Waals surface area (Å²) in [5.41, 5.74) is 1.18. The summed E-state index contributed by atoms with van der Waals surface area (Å²) in [4.78, 5) is 40.3. The van der Waals surface area contributed by atoms with E-state index in [0.717, 1.165) is 4.90 Å². The fourth-order valence-corrected chi connectivity index (χ4v) is 3.19. The lowest BCUT2D eigenvalue weighted by molar-refractivity contribution is -0.118. The molecule has 4 rings (SSSR count). The van der Waals surface area contributed by atoms with E-state index in [4.69, 9.17) is 4.74 Å². The number of ether oxygens (including phenoxy) is 1. The lowest BCUT2D eigenvalue weighted by atomic mass is 10.1. The third-order valence-electron chi connectivity index (χ3n) is 4.74. The number of rotatable bonds is 5. The number of para-hydroxylation sites is 3. The number of carbonyl (C=O) groups is 3. The summed E-state index contributed by atoms with van der Waals surface area (Å²) >= 11 is 0. The monoisotopic (exact) mass is 386 g/mol. The van der Waals surface area contributed by atoms with E-state index in [1.807, 2.05) is 36.4 Å². The Morgan fingerprint density at radius 3 is 2.03 bits per heavy atom. The van der Waals surface area contributed by atoms with Crippen LogP contribution in [0.15, 0.2) is 78.9 Å². The molecule has 29 heavy (non-hydrogen) atoms. The van der Waals surface area contributed by atoms with Gasteiger partial charge in [0.1, 0.15) is 12.3 Å². The van der Waals surface area contributed by atoms with E-state index in [1.54, 1.807) is 49.5 Å². The molecule has 1 heterocycles. The van der Waals surface area contributed by atoms with E-state index in [9.17, 15) is 14.4 Å². The number of amides is 3. The number of carbonyl (C=O) groups excluding carboxylic acids is 3. The molecule has 0 saturated heterocycles. The number of likely N-dealkylation sites (N-methyl/N-ethyl adjacent to an activating group) is 1. The largest absolute Gasteiger partial charge is 0.455 e. The first-order valence-electron chi connectivity index (χ1n) is 9.10. The molecular weight excluding hydrogens is 368 g/mol. The zero-order valence-electron chi connectivity index (χ0n) is 15.7. The SMILES string of the molecule is CN(C(=O)CN1C(=O)c2ccccc2C1=O)c1ccccc1Oc1ccccc1. The molecule has 0 bridgehead atoms. The minimum atomic E-state index is -0.457. The summed E-state index contributed by atoms with van der Waals surface area (Å²) in [5.74, 6) is -0.177. The van der Waals surface area contributed by atoms with Crippen molar-refractivity contribution >= 4 is 23.4 Å². The van der Waals surface area contributed by atoms with Gasteiger partial charge in [0.25, 0.3) is 11.8 Å². The molecule has 3 amide bonds. The second-order valence-electron chi connectivity index (χ2n) is 6.58. The van der Waals surface area contributed by atoms with Crippen LogP contribution < -0.4 is 9.64 Å². The van der Waals surface area contributed by atoms with Crippen LogP contribution in [0.1, 0.15) is 20.7 Å². The third kappa shape index (κ3) is 3.48. The highest BCUT2D eigenvalue weighted by Gasteiger charge is 2.37. The summed E-state index contributed by atoms with van der Waals surface area (Å²) in [6.45, 7) is -0.345. The molecule has 0 atom stereocenters. The first-order valence-corrected chi connectivity index (χ1v) is 9.10. The van der Waals surface area contributed by atoms with E-state index in [0.29, 0.717) is 28.3 Å². The van der Waals surface area contributed by atoms with Gasteiger partial charge in [-0.15, -0.1) is 0 Å². The van der Waals surface area contributed by atoms with Crippen molar-refractivity contribution in [1.29, 1.82) is 0 Å². The van der Waals surface area contributed by atoms with Crippen LogP contribution in [0, 0.1) is 0 Å². The van der Waals surface area contributed by atoms with Crippen LogP contribution in [0.3, 0.4) is 0 Å². The second kappa shape index (κ2) is 7.59. The number of hydrogen-bond donors (Lipinski definition) is 0. The first kappa shape index (κ1) is 18.4. The quantitative estimate of drug-likeness (QED) is 0.627. The van der Waals surface area contributed by atoms with Gasteiger partial charge in [-0.1, -0.05) is 42.5 Å². The number of hydrogen-bond acceptors (Lipinski definition) is 4. The average molecular weight is 386 g/mol. The van der Waals surface area contributed by atoms with Gasteiger partial charge in [0, 0.05) is 7.05 Å². The Morgan fingerprint density at radius 1 is 0.828 bits per heavy atom. The van der Waals surface area contributed by atoms with E-state index >= 15 is 0 Å². The highest BCUT2D eigenvalue weighted by atomic mass is 16.5. The Balaban J connectivity index is 1.54. The van der Waals surface area contributed by atoms with Crippen LogP contribution in [0.25, 0.3) is 0 Å². The number of imide groups is 1. The summed E-state index contributed by atoms with van der Waals surface area (Å²) in [5, 5.41) is 0. The Labute approximate surface area is 167 Å². The molecule has 0 radical (unpaired) electrons. The maximum Gasteiger partial charge on any atom is 0.262 e. The van der Waals surface area contributed by atoms with Gasteiger partial charge < -0.3 is 9.64 Å². The zero-order valence-corrected chi connectivity index (χ0v) is 15.7. The lowest BCUT2D eigenvalue weighted by Crippen LogP contribution is -2.41. The van der Waals surface area contributed by atoms with E-state index in [1.165, 1.54) is 4.90 Å². The van der Waals surface area contributed by atoms with E-state index in [-0.39, 0.29) is 6.54 Å². The van der Waals surface area contributed by atoms with Crippen LogP contribution in [0.5, 0.6) is 11.5 Å². The fourth-order valence-electron chi connectivity index (χ4n) is 3.19. The van der Waals surface area contributed by atoms with Crippen molar-refractivity contribution < 1.29 is 19.1 Å². The summed E-state index contributed by atoms with van der Waals surface area (Å²) in [6, 6.07) is 22.9. The zero-order chi connectivity index (χ0) is 20.4. The summed E-state index contributed by atoms with van der Waals surface area (Å²) < 4.78 is 5.90. The van der Waals surface area contributed by atoms with E-state index in [2.05, 4.69) is 0 Å². The number of benzene rings is 3. The molecule has 0 unspecified atom stereocenters. The molecule has 3 aromatic rings. The molecule has 1 aliphatic rings. The Hall–Kier alpha value is -3.93. The van der Waals surface area contributed by atoms with Gasteiger partial charge >= 0.3 is 0 Å². The predicted octanol–water partition coefficient (Wildman–Crippen LogP) is 3.74. The van der Waals surface area contributed by atoms with Crippen LogP contribution >= 0.6 is 0 Å². The van der Waals surface area contributed by atoms with Crippen LogP contribution in [-0.2, 0) is 4.79 Å². The van der Waals surface area contributed by atoms with Crippen LogP contribution in [-0.4, -0.2) is 36.2 Å². The van der Waals surface area contributed by atoms with Crippen molar-refractivity contribution in [2.45, 2.75) is 0 Å². The highest BCUT2D eigenvalue weighted by molar-refractivity contribution is 6.22. The molecule has 0 aromatic heterocycles. The standard InChI is InChI=1S/C23H18N2O4/c1-24(19-13-7-8-14-20(19)29-16-9-3-2-4-10-16)21(26)15-25-22(27)17-11-5-6-12-18(17)23(25)28/h2-14H,15H2,1H3. The number of anilines is 1. The number of nitrogens with zero attached hydrogens (tertiary/aromatic N) is 2. The van der Waals surface area contributed by atoms with Crippen molar-refractivity contribution in [1.82, 2.24) is 4.90 Å². The van der Waals surface area contributed by atoms with Crippen molar-refractivity contribution in [3.63, 3.8) is 0 Å². The van der Waals surface area contributed by atoms with Gasteiger partial charge in [0.05, 0.1) is 16.8 Å². The third-order valence-corrected chi connectivity index (χ3v) is 4.74. The van der Waals surface area contributed by atoms with Crippen molar-refractivity contribution in [2.75, 3.05) is 18.5 Å². The van der Waals surface area contributed by atoms with Gasteiger partial charge in [-0.05, 0) is 36.4 Å². The Kier molecular flexibility index (Phi) is 4.83. The van der Waals surface area contributed by atoms with Gasteiger partial charge in [-0.25, -0.2) is 0 Å². The smallest absolute Gasteiger partial charge is 0.262 e. The predicted molar refractivity (Wildman–Crippen MR) is 108 cm³/mol. The average Bonchev–Trinajstić information content (AvgIpc) is 2.99. The molecule has 6 nitrogen and oxygen atoms in total. The van der Waals surface area contributed by atoms with Gasteiger partial charge in [0.2, 0.25) is 5.91 Å². The van der Waals surface area contributed by atoms with Crippen molar-refractivity contribution in [3.05, 3.63) is 90.0 Å². The van der Waals surface area contributed by atoms with E-state index < -0.39 is 17.7 Å². The van der Waals surface area contributed by atoms with Crippen molar-refractivity contribution in [2.24, 2.45) is 0 Å². The van der Waals surface area contributed by atoms with Crippen LogP contribution in [0.2, 0.25) is 0 Å². The maximum absolute atomic E-state index is 12.9. The topological polar surface area (TPSA) is 66.9 Å². The molecule has 3 aromatic carbocycles. The molecule has 144 valence electrons. The molecule has 0 aliphatic carbocycles. The highest BCUT2D eigenvalue weighted by Crippen LogP contribution is 2.32. The van der Waals surface area contributed by atoms with Gasteiger partial charge in [-0.2, -0.15) is 0 Å². The van der Waals surface area contributed by atoms with Gasteiger partial charge in [0.15, 0.2) is 5.75 Å². The fraction of sp³-hybridized carbons (Fsp3) is 0.0870.